The fraction of sp³-hybridized carbons (Fsp3) is 0.318. The van der Waals surface area contributed by atoms with Gasteiger partial charge in [-0.3, -0.25) is 4.79 Å². The lowest BCUT2D eigenvalue weighted by molar-refractivity contribution is 0.1000. The number of carbonyl (C=O) groups excluding carboxylic acids is 1. The molecule has 2 heterocycles. The number of hydrogen-bond acceptors (Lipinski definition) is 6. The second kappa shape index (κ2) is 8.77. The van der Waals surface area contributed by atoms with Crippen LogP contribution >= 0.6 is 0 Å². The van der Waals surface area contributed by atoms with E-state index in [4.69, 9.17) is 20.4 Å². The number of nitrogens with zero attached hydrogens (tertiary/aromatic N) is 3. The molecule has 0 unspecified atom stereocenters. The van der Waals surface area contributed by atoms with Gasteiger partial charge in [-0.1, -0.05) is 18.2 Å². The first-order chi connectivity index (χ1) is 14.2. The average molecular weight is 391 g/mol. The Morgan fingerprint density at radius 3 is 2.72 bits per heavy atom. The van der Waals surface area contributed by atoms with Gasteiger partial charge in [0.15, 0.2) is 0 Å². The van der Waals surface area contributed by atoms with Gasteiger partial charge >= 0.3 is 0 Å². The molecule has 150 valence electrons. The van der Waals surface area contributed by atoms with Crippen molar-refractivity contribution in [3.8, 4) is 5.75 Å². The maximum absolute atomic E-state index is 11.3. The number of anilines is 2. The molecule has 0 saturated carbocycles. The quantitative estimate of drug-likeness (QED) is 0.601. The molecule has 3 N–H and O–H groups in total. The SMILES string of the molecule is NC(=O)c1cccc(OCCNc2nc(N3CCCCC3)nc3ccccc23)c1. The number of hydrogen-bond donors (Lipinski definition) is 2. The largest absolute Gasteiger partial charge is 0.492 e. The molecule has 7 heteroatoms. The molecule has 4 rings (SSSR count). The number of carbonyl (C=O) groups is 1. The zero-order valence-electron chi connectivity index (χ0n) is 16.3. The molecule has 1 aliphatic rings. The average Bonchev–Trinajstić information content (AvgIpc) is 2.77. The van der Waals surface area contributed by atoms with Gasteiger partial charge in [0.2, 0.25) is 11.9 Å². The smallest absolute Gasteiger partial charge is 0.248 e. The summed E-state index contributed by atoms with van der Waals surface area (Å²) in [4.78, 5) is 23.1. The van der Waals surface area contributed by atoms with E-state index in [2.05, 4.69) is 10.2 Å². The van der Waals surface area contributed by atoms with E-state index in [0.29, 0.717) is 24.5 Å². The van der Waals surface area contributed by atoms with Gasteiger partial charge in [-0.25, -0.2) is 4.98 Å². The number of benzene rings is 2. The Hall–Kier alpha value is -3.35. The third-order valence-corrected chi connectivity index (χ3v) is 5.01. The molecular formula is C22H25N5O2. The van der Waals surface area contributed by atoms with E-state index in [9.17, 15) is 4.79 Å². The minimum absolute atomic E-state index is 0.430. The third kappa shape index (κ3) is 4.56. The van der Waals surface area contributed by atoms with Gasteiger partial charge in [-0.2, -0.15) is 4.98 Å². The highest BCUT2D eigenvalue weighted by Crippen LogP contribution is 2.25. The molecular weight excluding hydrogens is 366 g/mol. The Labute approximate surface area is 169 Å². The maximum Gasteiger partial charge on any atom is 0.248 e. The fourth-order valence-electron chi connectivity index (χ4n) is 3.51. The molecule has 0 aliphatic carbocycles. The molecule has 0 radical (unpaired) electrons. The van der Waals surface area contributed by atoms with Crippen LogP contribution in [0.5, 0.6) is 5.75 Å². The second-order valence-corrected chi connectivity index (χ2v) is 7.10. The zero-order chi connectivity index (χ0) is 20.1. The molecule has 1 saturated heterocycles. The van der Waals surface area contributed by atoms with Crippen molar-refractivity contribution in [1.29, 1.82) is 0 Å². The predicted molar refractivity (Wildman–Crippen MR) is 115 cm³/mol. The summed E-state index contributed by atoms with van der Waals surface area (Å²) in [6.07, 6.45) is 3.62. The maximum atomic E-state index is 11.3. The highest BCUT2D eigenvalue weighted by atomic mass is 16.5. The summed E-state index contributed by atoms with van der Waals surface area (Å²) >= 11 is 0. The number of para-hydroxylation sites is 1. The van der Waals surface area contributed by atoms with Gasteiger partial charge in [0.1, 0.15) is 18.2 Å². The summed E-state index contributed by atoms with van der Waals surface area (Å²) in [6.45, 7) is 3.00. The number of piperidine rings is 1. The molecule has 0 atom stereocenters. The number of primary amides is 1. The Balaban J connectivity index is 1.45. The van der Waals surface area contributed by atoms with Crippen molar-refractivity contribution in [2.24, 2.45) is 5.73 Å². The molecule has 7 nitrogen and oxygen atoms in total. The van der Waals surface area contributed by atoms with Crippen molar-refractivity contribution in [1.82, 2.24) is 9.97 Å². The van der Waals surface area contributed by atoms with Crippen LogP contribution in [-0.4, -0.2) is 42.1 Å². The Morgan fingerprint density at radius 1 is 1.07 bits per heavy atom. The van der Waals surface area contributed by atoms with Gasteiger partial charge in [0.25, 0.3) is 0 Å². The molecule has 1 aromatic heterocycles. The van der Waals surface area contributed by atoms with E-state index in [1.165, 1.54) is 19.3 Å². The van der Waals surface area contributed by atoms with E-state index in [-0.39, 0.29) is 0 Å². The number of nitrogens with one attached hydrogen (secondary N) is 1. The number of amides is 1. The first-order valence-electron chi connectivity index (χ1n) is 9.99. The Morgan fingerprint density at radius 2 is 1.90 bits per heavy atom. The summed E-state index contributed by atoms with van der Waals surface area (Å²) in [7, 11) is 0. The van der Waals surface area contributed by atoms with Gasteiger partial charge in [0.05, 0.1) is 12.1 Å². The highest BCUT2D eigenvalue weighted by molar-refractivity contribution is 5.93. The minimum atomic E-state index is -0.466. The van der Waals surface area contributed by atoms with Crippen LogP contribution in [0.1, 0.15) is 29.6 Å². The van der Waals surface area contributed by atoms with Crippen LogP contribution in [0.15, 0.2) is 48.5 Å². The van der Waals surface area contributed by atoms with Crippen LogP contribution in [0.3, 0.4) is 0 Å². The van der Waals surface area contributed by atoms with E-state index in [1.807, 2.05) is 24.3 Å². The molecule has 0 bridgehead atoms. The number of rotatable bonds is 7. The normalized spacial score (nSPS) is 14.0. The van der Waals surface area contributed by atoms with Crippen molar-refractivity contribution >= 4 is 28.6 Å². The molecule has 0 spiro atoms. The van der Waals surface area contributed by atoms with Crippen molar-refractivity contribution in [2.45, 2.75) is 19.3 Å². The number of ether oxygens (including phenoxy) is 1. The van der Waals surface area contributed by atoms with Crippen LogP contribution < -0.4 is 20.7 Å². The molecule has 1 amide bonds. The Kier molecular flexibility index (Phi) is 5.74. The number of nitrogens with two attached hydrogens (primary N) is 1. The first-order valence-corrected chi connectivity index (χ1v) is 9.99. The standard InChI is InChI=1S/C22H25N5O2/c23-20(28)16-7-6-8-17(15-16)29-14-11-24-21-18-9-2-3-10-19(18)25-22(26-21)27-12-4-1-5-13-27/h2-3,6-10,15H,1,4-5,11-14H2,(H2,23,28)(H,24,25,26). The van der Waals surface area contributed by atoms with Crippen LogP contribution in [0.25, 0.3) is 10.9 Å². The topological polar surface area (TPSA) is 93.4 Å². The zero-order valence-corrected chi connectivity index (χ0v) is 16.3. The predicted octanol–water partition coefficient (Wildman–Crippen LogP) is 3.21. The van der Waals surface area contributed by atoms with Crippen LogP contribution in [0, 0.1) is 0 Å². The van der Waals surface area contributed by atoms with Crippen molar-refractivity contribution in [3.05, 3.63) is 54.1 Å². The van der Waals surface area contributed by atoms with Gasteiger partial charge < -0.3 is 20.7 Å². The molecule has 1 fully saturated rings. The fourth-order valence-corrected chi connectivity index (χ4v) is 3.51. The third-order valence-electron chi connectivity index (χ3n) is 5.01. The number of fused-ring (bicyclic) bond motifs is 1. The van der Waals surface area contributed by atoms with Crippen LogP contribution in [-0.2, 0) is 0 Å². The molecule has 2 aromatic carbocycles. The van der Waals surface area contributed by atoms with Crippen LogP contribution in [0.4, 0.5) is 11.8 Å². The summed E-state index contributed by atoms with van der Waals surface area (Å²) in [5, 5.41) is 4.37. The summed E-state index contributed by atoms with van der Waals surface area (Å²) in [5.41, 5.74) is 6.68. The lowest BCUT2D eigenvalue weighted by Gasteiger charge is -2.27. The lowest BCUT2D eigenvalue weighted by atomic mass is 10.1. The molecule has 1 aliphatic heterocycles. The van der Waals surface area contributed by atoms with E-state index >= 15 is 0 Å². The van der Waals surface area contributed by atoms with Crippen molar-refractivity contribution in [3.63, 3.8) is 0 Å². The van der Waals surface area contributed by atoms with Crippen molar-refractivity contribution in [2.75, 3.05) is 36.5 Å². The first kappa shape index (κ1) is 19.0. The monoisotopic (exact) mass is 391 g/mol. The molecule has 29 heavy (non-hydrogen) atoms. The summed E-state index contributed by atoms with van der Waals surface area (Å²) in [6, 6.07) is 14.9. The number of aromatic nitrogens is 2. The highest BCUT2D eigenvalue weighted by Gasteiger charge is 2.16. The summed E-state index contributed by atoms with van der Waals surface area (Å²) < 4.78 is 5.75. The van der Waals surface area contributed by atoms with Gasteiger partial charge in [-0.05, 0) is 49.6 Å². The summed E-state index contributed by atoms with van der Waals surface area (Å²) in [5.74, 6) is 1.74. The van der Waals surface area contributed by atoms with Gasteiger partial charge in [0, 0.05) is 24.0 Å². The minimum Gasteiger partial charge on any atom is -0.492 e. The van der Waals surface area contributed by atoms with E-state index < -0.39 is 5.91 Å². The molecule has 3 aromatic rings. The van der Waals surface area contributed by atoms with E-state index in [1.54, 1.807) is 24.3 Å². The second-order valence-electron chi connectivity index (χ2n) is 7.10. The van der Waals surface area contributed by atoms with E-state index in [0.717, 1.165) is 35.8 Å². The lowest BCUT2D eigenvalue weighted by Crippen LogP contribution is -2.31. The van der Waals surface area contributed by atoms with Crippen molar-refractivity contribution < 1.29 is 9.53 Å². The Bertz CT molecular complexity index is 1000. The van der Waals surface area contributed by atoms with Crippen LogP contribution in [0.2, 0.25) is 0 Å². The van der Waals surface area contributed by atoms with Gasteiger partial charge in [-0.15, -0.1) is 0 Å².